The molecule has 0 atom stereocenters. The van der Waals surface area contributed by atoms with Crippen LogP contribution in [0.15, 0.2) is 29.5 Å². The third-order valence-electron chi connectivity index (χ3n) is 4.30. The number of rotatable bonds is 3. The van der Waals surface area contributed by atoms with Gasteiger partial charge in [-0.1, -0.05) is 0 Å². The fourth-order valence-electron chi connectivity index (χ4n) is 2.83. The Morgan fingerprint density at radius 2 is 1.93 bits per heavy atom. The van der Waals surface area contributed by atoms with Gasteiger partial charge in [0.15, 0.2) is 0 Å². The highest BCUT2D eigenvalue weighted by Gasteiger charge is 2.28. The summed E-state index contributed by atoms with van der Waals surface area (Å²) in [4.78, 5) is 38.6. The van der Waals surface area contributed by atoms with Crippen LogP contribution in [0.5, 0.6) is 6.01 Å². The van der Waals surface area contributed by atoms with Gasteiger partial charge in [-0.15, -0.1) is 0 Å². The van der Waals surface area contributed by atoms with Crippen LogP contribution in [0.2, 0.25) is 0 Å². The molecule has 1 aliphatic heterocycles. The minimum atomic E-state index is -0.520. The number of aromatic nitrogens is 4. The number of carbonyl (C=O) groups is 1. The van der Waals surface area contributed by atoms with Crippen molar-refractivity contribution in [3.05, 3.63) is 35.0 Å². The number of piperidine rings is 1. The van der Waals surface area contributed by atoms with E-state index in [1.807, 2.05) is 20.8 Å². The van der Waals surface area contributed by atoms with Gasteiger partial charge >= 0.3 is 6.09 Å². The summed E-state index contributed by atoms with van der Waals surface area (Å²) in [5.74, 6) is 0. The first-order valence-corrected chi connectivity index (χ1v) is 9.22. The van der Waals surface area contributed by atoms with Crippen LogP contribution < -0.4 is 10.3 Å². The molecule has 0 bridgehead atoms. The molecule has 1 amide bonds. The second-order valence-corrected chi connectivity index (χ2v) is 7.70. The Balaban J connectivity index is 1.67. The highest BCUT2D eigenvalue weighted by Crippen LogP contribution is 2.20. The summed E-state index contributed by atoms with van der Waals surface area (Å²) in [5.41, 5.74) is 0.238. The summed E-state index contributed by atoms with van der Waals surface area (Å²) in [6.07, 6.45) is 3.80. The zero-order chi connectivity index (χ0) is 20.3. The van der Waals surface area contributed by atoms with Gasteiger partial charge in [-0.2, -0.15) is 4.98 Å². The molecule has 2 aromatic rings. The standard InChI is InChI=1S/C19H25N5O4/c1-19(2,3)28-18(26)24-9-6-13(7-10-24)27-17-22-15(11-16(25)23(17)4)14-5-8-20-12-21-14/h5,8,11-13H,6-7,9-10H2,1-4H3. The lowest BCUT2D eigenvalue weighted by Crippen LogP contribution is -2.44. The topological polar surface area (TPSA) is 99.4 Å². The summed E-state index contributed by atoms with van der Waals surface area (Å²) in [6, 6.07) is 3.34. The van der Waals surface area contributed by atoms with Crippen LogP contribution in [0.1, 0.15) is 33.6 Å². The van der Waals surface area contributed by atoms with Crippen LogP contribution in [0, 0.1) is 0 Å². The molecule has 0 saturated carbocycles. The maximum absolute atomic E-state index is 12.3. The summed E-state index contributed by atoms with van der Waals surface area (Å²) in [6.45, 7) is 6.59. The van der Waals surface area contributed by atoms with Crippen molar-refractivity contribution < 1.29 is 14.3 Å². The second-order valence-electron chi connectivity index (χ2n) is 7.70. The molecule has 0 N–H and O–H groups in total. The Labute approximate surface area is 163 Å². The molecule has 1 saturated heterocycles. The molecule has 28 heavy (non-hydrogen) atoms. The van der Waals surface area contributed by atoms with E-state index >= 15 is 0 Å². The van der Waals surface area contributed by atoms with Crippen LogP contribution in [0.4, 0.5) is 4.79 Å². The fraction of sp³-hybridized carbons (Fsp3) is 0.526. The minimum absolute atomic E-state index is 0.141. The molecule has 0 spiro atoms. The van der Waals surface area contributed by atoms with Crippen LogP contribution in [-0.4, -0.2) is 55.3 Å². The molecule has 0 aliphatic carbocycles. The van der Waals surface area contributed by atoms with Crippen molar-refractivity contribution in [3.63, 3.8) is 0 Å². The Morgan fingerprint density at radius 1 is 1.21 bits per heavy atom. The third-order valence-corrected chi connectivity index (χ3v) is 4.30. The molecule has 9 nitrogen and oxygen atoms in total. The first-order valence-electron chi connectivity index (χ1n) is 9.22. The molecule has 2 aromatic heterocycles. The van der Waals surface area contributed by atoms with Crippen molar-refractivity contribution in [1.29, 1.82) is 0 Å². The lowest BCUT2D eigenvalue weighted by Gasteiger charge is -2.33. The van der Waals surface area contributed by atoms with Crippen molar-refractivity contribution in [2.24, 2.45) is 7.05 Å². The van der Waals surface area contributed by atoms with E-state index in [0.717, 1.165) is 0 Å². The number of likely N-dealkylation sites (tertiary alicyclic amines) is 1. The Kier molecular flexibility index (Phi) is 5.62. The number of amides is 1. The number of hydrogen-bond acceptors (Lipinski definition) is 7. The Morgan fingerprint density at radius 3 is 2.54 bits per heavy atom. The third kappa shape index (κ3) is 4.85. The lowest BCUT2D eigenvalue weighted by molar-refractivity contribution is 0.0115. The summed E-state index contributed by atoms with van der Waals surface area (Å²) in [7, 11) is 1.62. The van der Waals surface area contributed by atoms with E-state index < -0.39 is 5.60 Å². The fourth-order valence-corrected chi connectivity index (χ4v) is 2.83. The molecule has 0 aromatic carbocycles. The average molecular weight is 387 g/mol. The molecule has 3 rings (SSSR count). The van der Waals surface area contributed by atoms with Crippen LogP contribution >= 0.6 is 0 Å². The molecule has 150 valence electrons. The SMILES string of the molecule is Cn1c(OC2CCN(C(=O)OC(C)(C)C)CC2)nc(-c2ccncn2)cc1=O. The van der Waals surface area contributed by atoms with Crippen molar-refractivity contribution in [2.45, 2.75) is 45.3 Å². The van der Waals surface area contributed by atoms with Crippen molar-refractivity contribution in [2.75, 3.05) is 13.1 Å². The highest BCUT2D eigenvalue weighted by atomic mass is 16.6. The number of carbonyl (C=O) groups excluding carboxylic acids is 1. The van der Waals surface area contributed by atoms with Gasteiger partial charge < -0.3 is 14.4 Å². The normalized spacial score (nSPS) is 15.4. The van der Waals surface area contributed by atoms with Crippen molar-refractivity contribution >= 4 is 6.09 Å². The predicted molar refractivity (Wildman–Crippen MR) is 102 cm³/mol. The summed E-state index contributed by atoms with van der Waals surface area (Å²) in [5, 5.41) is 0. The minimum Gasteiger partial charge on any atom is -0.461 e. The maximum atomic E-state index is 12.3. The zero-order valence-electron chi connectivity index (χ0n) is 16.6. The molecule has 3 heterocycles. The predicted octanol–water partition coefficient (Wildman–Crippen LogP) is 2.02. The van der Waals surface area contributed by atoms with Crippen LogP contribution in [0.25, 0.3) is 11.4 Å². The lowest BCUT2D eigenvalue weighted by atomic mass is 10.1. The first-order chi connectivity index (χ1) is 13.2. The van der Waals surface area contributed by atoms with Crippen LogP contribution in [-0.2, 0) is 11.8 Å². The van der Waals surface area contributed by atoms with E-state index in [4.69, 9.17) is 9.47 Å². The van der Waals surface area contributed by atoms with E-state index in [1.54, 1.807) is 24.2 Å². The molecular formula is C19H25N5O4. The molecule has 0 radical (unpaired) electrons. The Hall–Kier alpha value is -2.97. The largest absolute Gasteiger partial charge is 0.461 e. The van der Waals surface area contributed by atoms with E-state index in [1.165, 1.54) is 17.0 Å². The molecule has 1 aliphatic rings. The number of nitrogens with zero attached hydrogens (tertiary/aromatic N) is 5. The highest BCUT2D eigenvalue weighted by molar-refractivity contribution is 5.68. The van der Waals surface area contributed by atoms with Gasteiger partial charge in [0.2, 0.25) is 0 Å². The van der Waals surface area contributed by atoms with Gasteiger partial charge in [0.25, 0.3) is 11.6 Å². The quantitative estimate of drug-likeness (QED) is 0.794. The van der Waals surface area contributed by atoms with E-state index in [-0.39, 0.29) is 23.8 Å². The van der Waals surface area contributed by atoms with Gasteiger partial charge in [-0.05, 0) is 26.8 Å². The van der Waals surface area contributed by atoms with E-state index in [0.29, 0.717) is 37.3 Å². The van der Waals surface area contributed by atoms with Gasteiger partial charge in [0.1, 0.15) is 18.0 Å². The zero-order valence-corrected chi connectivity index (χ0v) is 16.6. The second kappa shape index (κ2) is 7.95. The van der Waals surface area contributed by atoms with E-state index in [9.17, 15) is 9.59 Å². The van der Waals surface area contributed by atoms with Crippen molar-refractivity contribution in [1.82, 2.24) is 24.4 Å². The van der Waals surface area contributed by atoms with Crippen molar-refractivity contribution in [3.8, 4) is 17.4 Å². The molecule has 0 unspecified atom stereocenters. The van der Waals surface area contributed by atoms with Gasteiger partial charge in [0, 0.05) is 45.2 Å². The smallest absolute Gasteiger partial charge is 0.410 e. The van der Waals surface area contributed by atoms with Gasteiger partial charge in [-0.25, -0.2) is 14.8 Å². The van der Waals surface area contributed by atoms with Gasteiger partial charge in [-0.3, -0.25) is 9.36 Å². The monoisotopic (exact) mass is 387 g/mol. The maximum Gasteiger partial charge on any atom is 0.410 e. The van der Waals surface area contributed by atoms with Crippen LogP contribution in [0.3, 0.4) is 0 Å². The molecule has 9 heteroatoms. The molecular weight excluding hydrogens is 362 g/mol. The number of ether oxygens (including phenoxy) is 2. The summed E-state index contributed by atoms with van der Waals surface area (Å²) >= 11 is 0. The number of hydrogen-bond donors (Lipinski definition) is 0. The molecule has 1 fully saturated rings. The van der Waals surface area contributed by atoms with E-state index in [2.05, 4.69) is 15.0 Å². The summed E-state index contributed by atoms with van der Waals surface area (Å²) < 4.78 is 12.8. The average Bonchev–Trinajstić information content (AvgIpc) is 2.65. The Bertz CT molecular complexity index is 883. The van der Waals surface area contributed by atoms with Gasteiger partial charge in [0.05, 0.1) is 11.4 Å². The first kappa shape index (κ1) is 19.8.